The Morgan fingerprint density at radius 3 is 2.09 bits per heavy atom. The van der Waals surface area contributed by atoms with Crippen molar-refractivity contribution in [3.63, 3.8) is 0 Å². The second-order valence-electron chi connectivity index (χ2n) is 25.7. The van der Waals surface area contributed by atoms with Gasteiger partial charge in [-0.15, -0.1) is 0 Å². The largest absolute Gasteiger partial charge is 0.497 e. The van der Waals surface area contributed by atoms with Gasteiger partial charge in [0, 0.05) is 87.2 Å². The summed E-state index contributed by atoms with van der Waals surface area (Å²) in [5.74, 6) is 2.87. The monoisotopic (exact) mass is 1180 g/mol. The van der Waals surface area contributed by atoms with Crippen LogP contribution in [-0.4, -0.2) is 137 Å². The maximum atomic E-state index is 15.3. The molecule has 3 aliphatic rings. The molecule has 0 spiro atoms. The number of amidine groups is 1. The number of nitrogens with zero attached hydrogens (tertiary/aromatic N) is 9. The zero-order valence-corrected chi connectivity index (χ0v) is 53.2. The van der Waals surface area contributed by atoms with Gasteiger partial charge in [0.15, 0.2) is 5.65 Å². The number of amides is 3. The van der Waals surface area contributed by atoms with Crippen LogP contribution in [0.1, 0.15) is 126 Å². The highest BCUT2D eigenvalue weighted by Gasteiger charge is 2.45. The number of benzene rings is 5. The van der Waals surface area contributed by atoms with Crippen molar-refractivity contribution in [2.45, 2.75) is 119 Å². The van der Waals surface area contributed by atoms with Crippen LogP contribution in [0.25, 0.3) is 28.0 Å². The summed E-state index contributed by atoms with van der Waals surface area (Å²) in [7, 11) is 1.63. The van der Waals surface area contributed by atoms with Crippen molar-refractivity contribution in [3.8, 4) is 33.9 Å². The number of aryl methyl sites for hydroxylation is 3. The lowest BCUT2D eigenvalue weighted by Crippen LogP contribution is -2.55. The zero-order valence-electron chi connectivity index (χ0n) is 52.4. The minimum Gasteiger partial charge on any atom is -0.497 e. The average molecular weight is 1180 g/mol. The number of urea groups is 1. The van der Waals surface area contributed by atoms with Crippen molar-refractivity contribution in [1.29, 1.82) is 0 Å². The molecule has 86 heavy (non-hydrogen) atoms. The van der Waals surface area contributed by atoms with E-state index < -0.39 is 12.1 Å². The van der Waals surface area contributed by atoms with Gasteiger partial charge in [-0.2, -0.15) is 9.61 Å². The quantitative estimate of drug-likeness (QED) is 0.0661. The molecular weight excluding hydrogens is 1090 g/mol. The first kappa shape index (κ1) is 61.8. The minimum absolute atomic E-state index is 0.0124. The number of rotatable bonds is 22. The van der Waals surface area contributed by atoms with Crippen molar-refractivity contribution >= 4 is 40.8 Å². The van der Waals surface area contributed by atoms with Crippen LogP contribution in [0.2, 0.25) is 5.02 Å². The van der Waals surface area contributed by atoms with Gasteiger partial charge in [0.05, 0.1) is 42.8 Å². The summed E-state index contributed by atoms with van der Waals surface area (Å²) in [6.07, 6.45) is 6.08. The number of likely N-dealkylation sites (N-methyl/N-ethyl adjacent to an activating group) is 1. The van der Waals surface area contributed by atoms with Crippen LogP contribution < -0.4 is 19.7 Å². The maximum Gasteiger partial charge on any atom is 0.326 e. The number of nitrogens with one attached hydrogen (secondary N) is 1. The number of methoxy groups -OCH3 is 1. The van der Waals surface area contributed by atoms with Crippen molar-refractivity contribution in [2.75, 3.05) is 84.0 Å². The Balaban J connectivity index is 0.720. The van der Waals surface area contributed by atoms with E-state index in [2.05, 4.69) is 158 Å². The first-order chi connectivity index (χ1) is 41.3. The molecule has 2 unspecified atom stereocenters. The van der Waals surface area contributed by atoms with E-state index in [4.69, 9.17) is 36.1 Å². The van der Waals surface area contributed by atoms with E-state index in [1.165, 1.54) is 5.56 Å². The Morgan fingerprint density at radius 1 is 0.733 bits per heavy atom. The van der Waals surface area contributed by atoms with Gasteiger partial charge in [0.1, 0.15) is 29.2 Å². The third kappa shape index (κ3) is 14.8. The molecule has 0 radical (unpaired) electrons. The number of hydrogen-bond acceptors (Lipinski definition) is 10. The molecule has 3 amide bonds. The molecule has 7 aromatic rings. The minimum atomic E-state index is -0.471. The van der Waals surface area contributed by atoms with Gasteiger partial charge in [-0.3, -0.25) is 19.6 Å². The van der Waals surface area contributed by atoms with E-state index in [0.717, 1.165) is 127 Å². The van der Waals surface area contributed by atoms with E-state index in [9.17, 15) is 4.79 Å². The lowest BCUT2D eigenvalue weighted by atomic mass is 9.74. The number of aliphatic imine (C=N–C) groups is 1. The number of carbonyl (C=O) groups is 2. The summed E-state index contributed by atoms with van der Waals surface area (Å²) in [6, 6.07) is 42.5. The maximum absolute atomic E-state index is 15.3. The van der Waals surface area contributed by atoms with Gasteiger partial charge in [0.25, 0.3) is 0 Å². The molecule has 10 rings (SSSR count). The van der Waals surface area contributed by atoms with Crippen molar-refractivity contribution in [3.05, 3.63) is 166 Å². The van der Waals surface area contributed by atoms with E-state index in [-0.39, 0.29) is 35.4 Å². The number of hydrogen-bond donors (Lipinski definition) is 1. The predicted octanol–water partition coefficient (Wildman–Crippen LogP) is 13.9. The van der Waals surface area contributed by atoms with E-state index in [0.29, 0.717) is 60.6 Å². The number of carbonyl (C=O) groups excluding carboxylic acids is 2. The van der Waals surface area contributed by atoms with Crippen LogP contribution in [0.15, 0.2) is 132 Å². The Morgan fingerprint density at radius 2 is 1.41 bits per heavy atom. The highest BCUT2D eigenvalue weighted by atomic mass is 35.5. The molecule has 15 heteroatoms. The van der Waals surface area contributed by atoms with Gasteiger partial charge in [0.2, 0.25) is 5.91 Å². The normalized spacial score (nSPS) is 17.2. The zero-order chi connectivity index (χ0) is 60.7. The molecule has 14 nitrogen and oxygen atoms in total. The molecule has 3 aliphatic heterocycles. The van der Waals surface area contributed by atoms with Gasteiger partial charge in [-0.1, -0.05) is 143 Å². The molecule has 0 saturated carbocycles. The molecule has 0 aliphatic carbocycles. The molecule has 454 valence electrons. The summed E-state index contributed by atoms with van der Waals surface area (Å²) in [5.41, 5.74) is 11.6. The fraction of sp³-hybridized carbons (Fsp3) is 0.451. The van der Waals surface area contributed by atoms with Crippen molar-refractivity contribution in [2.24, 2.45) is 15.8 Å². The number of fused-ring (bicyclic) bond motifs is 1. The predicted molar refractivity (Wildman–Crippen MR) is 349 cm³/mol. The number of ether oxygens (including phenoxy) is 2. The Hall–Kier alpha value is -7.26. The van der Waals surface area contributed by atoms with Crippen LogP contribution in [-0.2, 0) is 11.2 Å². The first-order valence-corrected chi connectivity index (χ1v) is 31.6. The molecule has 5 heterocycles. The SMILES string of the molecule is CCN1CCN(c2cc(-c3ccccc3)nc3c(-c4cccc(CCC(C)(C)CCC(C)(C)CCCNC(=O)CN5CCN(C(=O)N6C(c7ccc(OC)cc7OC(C)C)=NC(c7ccc(C)cc7)C6c6ccc(Cl)cc6)CC5)c4)c(C)nn23)CC1. The number of aromatic nitrogens is 3. The summed E-state index contributed by atoms with van der Waals surface area (Å²) in [4.78, 5) is 50.4. The third-order valence-corrected chi connectivity index (χ3v) is 18.1. The van der Waals surface area contributed by atoms with Gasteiger partial charge >= 0.3 is 6.03 Å². The number of halogens is 1. The van der Waals surface area contributed by atoms with Gasteiger partial charge < -0.3 is 29.5 Å². The number of piperazine rings is 2. The molecule has 2 aromatic heterocycles. The third-order valence-electron chi connectivity index (χ3n) is 17.8. The highest BCUT2D eigenvalue weighted by molar-refractivity contribution is 6.30. The topological polar surface area (TPSA) is 123 Å². The van der Waals surface area contributed by atoms with E-state index in [1.807, 2.05) is 66.1 Å². The fourth-order valence-corrected chi connectivity index (χ4v) is 12.6. The average Bonchev–Trinajstić information content (AvgIpc) is 1.70. The first-order valence-electron chi connectivity index (χ1n) is 31.2. The summed E-state index contributed by atoms with van der Waals surface area (Å²) < 4.78 is 14.1. The molecule has 2 fully saturated rings. The summed E-state index contributed by atoms with van der Waals surface area (Å²) >= 11 is 6.46. The molecule has 2 atom stereocenters. The lowest BCUT2D eigenvalue weighted by molar-refractivity contribution is -0.122. The molecule has 5 aromatic carbocycles. The van der Waals surface area contributed by atoms with Crippen LogP contribution in [0.5, 0.6) is 11.5 Å². The fourth-order valence-electron chi connectivity index (χ4n) is 12.4. The molecular formula is C71H89ClN10O4. The second kappa shape index (κ2) is 27.2. The molecule has 0 bridgehead atoms. The van der Waals surface area contributed by atoms with E-state index in [1.54, 1.807) is 7.11 Å². The summed E-state index contributed by atoms with van der Waals surface area (Å²) in [5, 5.41) is 9.01. The van der Waals surface area contributed by atoms with Crippen LogP contribution in [0, 0.1) is 24.7 Å². The van der Waals surface area contributed by atoms with Gasteiger partial charge in [-0.25, -0.2) is 9.78 Å². The lowest BCUT2D eigenvalue weighted by Gasteiger charge is -2.39. The molecule has 2 saturated heterocycles. The summed E-state index contributed by atoms with van der Waals surface area (Å²) in [6.45, 7) is 28.0. The van der Waals surface area contributed by atoms with Crippen molar-refractivity contribution < 1.29 is 19.1 Å². The van der Waals surface area contributed by atoms with Crippen molar-refractivity contribution in [1.82, 2.24) is 39.5 Å². The Kier molecular flexibility index (Phi) is 19.5. The highest BCUT2D eigenvalue weighted by Crippen LogP contribution is 2.46. The van der Waals surface area contributed by atoms with Crippen LogP contribution >= 0.6 is 11.6 Å². The van der Waals surface area contributed by atoms with Gasteiger partial charge in [-0.05, 0) is 130 Å². The van der Waals surface area contributed by atoms with E-state index >= 15 is 4.79 Å². The second-order valence-corrected chi connectivity index (χ2v) is 26.2. The molecule has 1 N–H and O–H groups in total. The standard InChI is InChI=1S/C71H89ClN10O4/c1-11-77-37-41-79(42-38-77)63-47-60(53-18-13-12-14-19-53)74-68-64(51(5)76-82(63)68)56-20-15-17-52(45-56)31-33-71(8,9)35-34-70(6,7)32-16-36-73-62(83)48-78-39-43-80(44-40-78)69(84)81-66(55-25-27-57(72)28-26-55)65(54-23-21-50(4)22-24-54)75-67(81)59-30-29-58(85-10)46-61(59)86-49(2)3/h12-15,17-30,45-47,49,65-66H,11,16,31-44,48H2,1-10H3,(H,73,83). The smallest absolute Gasteiger partial charge is 0.326 e. The number of anilines is 1. The van der Waals surface area contributed by atoms with Crippen LogP contribution in [0.3, 0.4) is 0 Å². The Bertz CT molecular complexity index is 3470. The van der Waals surface area contributed by atoms with Crippen LogP contribution in [0.4, 0.5) is 10.6 Å². The Labute approximate surface area is 515 Å².